The van der Waals surface area contributed by atoms with Gasteiger partial charge in [-0.1, -0.05) is 12.1 Å². The number of ether oxygens (including phenoxy) is 1. The van der Waals surface area contributed by atoms with Crippen LogP contribution in [0.5, 0.6) is 5.75 Å². The van der Waals surface area contributed by atoms with Gasteiger partial charge in [0.1, 0.15) is 5.75 Å². The van der Waals surface area contributed by atoms with Crippen molar-refractivity contribution >= 4 is 35.0 Å². The number of benzene rings is 2. The minimum atomic E-state index is -0.144. The normalized spacial score (nSPS) is 10.2. The number of nitrogens with one attached hydrogen (secondary N) is 2. The summed E-state index contributed by atoms with van der Waals surface area (Å²) < 4.78 is 5.07. The fourth-order valence-electron chi connectivity index (χ4n) is 2.16. The van der Waals surface area contributed by atoms with Gasteiger partial charge < -0.3 is 15.4 Å². The van der Waals surface area contributed by atoms with E-state index in [1.54, 1.807) is 31.4 Å². The maximum Gasteiger partial charge on any atom is 0.234 e. The molecule has 2 rings (SSSR count). The molecule has 132 valence electrons. The second-order valence-corrected chi connectivity index (χ2v) is 6.62. The molecule has 0 saturated carbocycles. The zero-order valence-corrected chi connectivity index (χ0v) is 15.4. The smallest absolute Gasteiger partial charge is 0.234 e. The van der Waals surface area contributed by atoms with E-state index < -0.39 is 0 Å². The summed E-state index contributed by atoms with van der Waals surface area (Å²) in [5.41, 5.74) is 3.62. The van der Waals surface area contributed by atoms with Crippen LogP contribution in [0.15, 0.2) is 42.5 Å². The first-order valence-electron chi connectivity index (χ1n) is 7.86. The number of hydrogen-bond acceptors (Lipinski definition) is 4. The number of methoxy groups -OCH3 is 1. The van der Waals surface area contributed by atoms with E-state index in [2.05, 4.69) is 10.6 Å². The Hall–Kier alpha value is -2.47. The Bertz CT molecular complexity index is 745. The number of rotatable bonds is 7. The predicted octanol–water partition coefficient (Wildman–Crippen LogP) is 3.62. The van der Waals surface area contributed by atoms with Crippen molar-refractivity contribution in [2.75, 3.05) is 29.2 Å². The van der Waals surface area contributed by atoms with Crippen LogP contribution >= 0.6 is 11.8 Å². The van der Waals surface area contributed by atoms with Crippen LogP contribution in [0.2, 0.25) is 0 Å². The molecule has 0 bridgehead atoms. The lowest BCUT2D eigenvalue weighted by atomic mass is 10.1. The Labute approximate surface area is 152 Å². The van der Waals surface area contributed by atoms with E-state index >= 15 is 0 Å². The third-order valence-electron chi connectivity index (χ3n) is 3.51. The quantitative estimate of drug-likeness (QED) is 0.793. The van der Waals surface area contributed by atoms with Gasteiger partial charge in [0.25, 0.3) is 0 Å². The lowest BCUT2D eigenvalue weighted by Gasteiger charge is -2.09. The Morgan fingerprint density at radius 3 is 2.24 bits per heavy atom. The highest BCUT2D eigenvalue weighted by molar-refractivity contribution is 8.00. The van der Waals surface area contributed by atoms with E-state index in [1.165, 1.54) is 11.8 Å². The Morgan fingerprint density at radius 2 is 1.60 bits per heavy atom. The molecule has 2 amide bonds. The minimum Gasteiger partial charge on any atom is -0.497 e. The van der Waals surface area contributed by atoms with Gasteiger partial charge in [-0.3, -0.25) is 9.59 Å². The van der Waals surface area contributed by atoms with Gasteiger partial charge in [-0.05, 0) is 55.3 Å². The lowest BCUT2D eigenvalue weighted by Crippen LogP contribution is -2.18. The second kappa shape index (κ2) is 9.13. The van der Waals surface area contributed by atoms with Crippen LogP contribution in [-0.4, -0.2) is 30.4 Å². The van der Waals surface area contributed by atoms with Crippen molar-refractivity contribution in [3.63, 3.8) is 0 Å². The lowest BCUT2D eigenvalue weighted by molar-refractivity contribution is -0.114. The molecule has 0 unspecified atom stereocenters. The van der Waals surface area contributed by atoms with Crippen LogP contribution in [0.25, 0.3) is 0 Å². The Kier molecular flexibility index (Phi) is 6.89. The van der Waals surface area contributed by atoms with Crippen LogP contribution in [0.1, 0.15) is 11.1 Å². The molecule has 0 aliphatic rings. The van der Waals surface area contributed by atoms with Gasteiger partial charge in [0, 0.05) is 11.4 Å². The van der Waals surface area contributed by atoms with Gasteiger partial charge in [-0.25, -0.2) is 0 Å². The number of thioether (sulfide) groups is 1. The average Bonchev–Trinajstić information content (AvgIpc) is 2.59. The van der Waals surface area contributed by atoms with E-state index in [9.17, 15) is 9.59 Å². The summed E-state index contributed by atoms with van der Waals surface area (Å²) >= 11 is 1.28. The highest BCUT2D eigenvalue weighted by Gasteiger charge is 2.08. The molecule has 2 aromatic carbocycles. The SMILES string of the molecule is COc1ccc(NC(=O)CSCC(=O)Nc2cc(C)ccc2C)cc1. The molecule has 2 aromatic rings. The monoisotopic (exact) mass is 358 g/mol. The number of anilines is 2. The van der Waals surface area contributed by atoms with Crippen LogP contribution in [0.4, 0.5) is 11.4 Å². The molecule has 0 heterocycles. The summed E-state index contributed by atoms with van der Waals surface area (Å²) in [4.78, 5) is 23.9. The molecule has 2 N–H and O–H groups in total. The standard InChI is InChI=1S/C19H22N2O3S/c1-13-4-5-14(2)17(10-13)21-19(23)12-25-11-18(22)20-15-6-8-16(24-3)9-7-15/h4-10H,11-12H2,1-3H3,(H,20,22)(H,21,23). The number of aryl methyl sites for hydroxylation is 2. The van der Waals surface area contributed by atoms with Crippen LogP contribution < -0.4 is 15.4 Å². The van der Waals surface area contributed by atoms with Crippen molar-refractivity contribution in [3.05, 3.63) is 53.6 Å². The van der Waals surface area contributed by atoms with E-state index in [0.29, 0.717) is 5.69 Å². The molecule has 0 saturated heterocycles. The van der Waals surface area contributed by atoms with Crippen molar-refractivity contribution in [2.24, 2.45) is 0 Å². The van der Waals surface area contributed by atoms with Crippen LogP contribution in [0.3, 0.4) is 0 Å². The molecule has 0 radical (unpaired) electrons. The fourth-order valence-corrected chi connectivity index (χ4v) is 2.78. The van der Waals surface area contributed by atoms with Gasteiger partial charge in [0.05, 0.1) is 18.6 Å². The van der Waals surface area contributed by atoms with Gasteiger partial charge >= 0.3 is 0 Å². The molecule has 6 heteroatoms. The molecular formula is C19H22N2O3S. The number of carbonyl (C=O) groups is 2. The third-order valence-corrected chi connectivity index (χ3v) is 4.44. The summed E-state index contributed by atoms with van der Waals surface area (Å²) in [6, 6.07) is 13.0. The van der Waals surface area contributed by atoms with Gasteiger partial charge in [0.15, 0.2) is 0 Å². The Morgan fingerprint density at radius 1 is 0.960 bits per heavy atom. The summed E-state index contributed by atoms with van der Waals surface area (Å²) in [7, 11) is 1.59. The summed E-state index contributed by atoms with van der Waals surface area (Å²) in [6.45, 7) is 3.93. The van der Waals surface area contributed by atoms with E-state index in [-0.39, 0.29) is 23.3 Å². The number of amides is 2. The van der Waals surface area contributed by atoms with Crippen molar-refractivity contribution in [1.82, 2.24) is 0 Å². The van der Waals surface area contributed by atoms with Crippen molar-refractivity contribution in [3.8, 4) is 5.75 Å². The molecule has 0 fully saturated rings. The molecule has 5 nitrogen and oxygen atoms in total. The zero-order chi connectivity index (χ0) is 18.2. The first-order chi connectivity index (χ1) is 12.0. The zero-order valence-electron chi connectivity index (χ0n) is 14.6. The molecule has 0 spiro atoms. The second-order valence-electron chi connectivity index (χ2n) is 5.64. The third kappa shape index (κ3) is 6.15. The first-order valence-corrected chi connectivity index (χ1v) is 9.02. The molecule has 25 heavy (non-hydrogen) atoms. The van der Waals surface area contributed by atoms with Gasteiger partial charge in [-0.2, -0.15) is 0 Å². The molecule has 0 aliphatic heterocycles. The number of carbonyl (C=O) groups excluding carboxylic acids is 2. The first kappa shape index (κ1) is 18.9. The highest BCUT2D eigenvalue weighted by atomic mass is 32.2. The average molecular weight is 358 g/mol. The van der Waals surface area contributed by atoms with Crippen LogP contribution in [0, 0.1) is 13.8 Å². The van der Waals surface area contributed by atoms with Crippen molar-refractivity contribution < 1.29 is 14.3 Å². The maximum atomic E-state index is 12.0. The van der Waals surface area contributed by atoms with Crippen LogP contribution in [-0.2, 0) is 9.59 Å². The van der Waals surface area contributed by atoms with Crippen molar-refractivity contribution in [2.45, 2.75) is 13.8 Å². The maximum absolute atomic E-state index is 12.0. The Balaban J connectivity index is 1.74. The molecular weight excluding hydrogens is 336 g/mol. The fraction of sp³-hybridized carbons (Fsp3) is 0.263. The summed E-state index contributed by atoms with van der Waals surface area (Å²) in [6.07, 6.45) is 0. The number of hydrogen-bond donors (Lipinski definition) is 2. The summed E-state index contributed by atoms with van der Waals surface area (Å²) in [5, 5.41) is 5.67. The van der Waals surface area contributed by atoms with Crippen molar-refractivity contribution in [1.29, 1.82) is 0 Å². The van der Waals surface area contributed by atoms with E-state index in [0.717, 1.165) is 22.6 Å². The minimum absolute atomic E-state index is 0.115. The van der Waals surface area contributed by atoms with E-state index in [4.69, 9.17) is 4.74 Å². The highest BCUT2D eigenvalue weighted by Crippen LogP contribution is 2.17. The predicted molar refractivity (Wildman–Crippen MR) is 103 cm³/mol. The van der Waals surface area contributed by atoms with E-state index in [1.807, 2.05) is 32.0 Å². The topological polar surface area (TPSA) is 67.4 Å². The summed E-state index contributed by atoms with van der Waals surface area (Å²) in [5.74, 6) is 0.913. The molecule has 0 aromatic heterocycles. The molecule has 0 aliphatic carbocycles. The molecule has 0 atom stereocenters. The van der Waals surface area contributed by atoms with Gasteiger partial charge in [-0.15, -0.1) is 11.8 Å². The van der Waals surface area contributed by atoms with Gasteiger partial charge in [0.2, 0.25) is 11.8 Å². The largest absolute Gasteiger partial charge is 0.497 e.